The summed E-state index contributed by atoms with van der Waals surface area (Å²) in [5.41, 5.74) is -0.439. The van der Waals surface area contributed by atoms with Gasteiger partial charge in [0.25, 0.3) is 0 Å². The average Bonchev–Trinajstić information content (AvgIpc) is 3.28. The number of hydrogen-bond donors (Lipinski definition) is 2. The molecule has 0 bridgehead atoms. The zero-order chi connectivity index (χ0) is 20.3. The van der Waals surface area contributed by atoms with Crippen LogP contribution in [0.15, 0.2) is 36.7 Å². The first-order chi connectivity index (χ1) is 13.4. The Bertz CT molecular complexity index is 854. The summed E-state index contributed by atoms with van der Waals surface area (Å²) in [4.78, 5) is 30.4. The molecule has 150 valence electrons. The van der Waals surface area contributed by atoms with E-state index in [0.29, 0.717) is 24.4 Å². The fourth-order valence-electron chi connectivity index (χ4n) is 3.50. The van der Waals surface area contributed by atoms with E-state index in [0.717, 1.165) is 0 Å². The van der Waals surface area contributed by atoms with Crippen molar-refractivity contribution in [2.75, 3.05) is 26.8 Å². The monoisotopic (exact) mass is 390 g/mol. The van der Waals surface area contributed by atoms with Gasteiger partial charge in [-0.25, -0.2) is 14.2 Å². The molecule has 2 atom stereocenters. The molecule has 2 unspecified atom stereocenters. The van der Waals surface area contributed by atoms with Crippen molar-refractivity contribution < 1.29 is 23.8 Å². The number of aryl methyl sites for hydroxylation is 1. The molecule has 1 fully saturated rings. The lowest BCUT2D eigenvalue weighted by molar-refractivity contribution is -0.151. The molecule has 8 nitrogen and oxygen atoms in total. The predicted molar refractivity (Wildman–Crippen MR) is 98.1 cm³/mol. The molecule has 0 spiro atoms. The second-order valence-electron chi connectivity index (χ2n) is 7.02. The summed E-state index contributed by atoms with van der Waals surface area (Å²) in [6.45, 7) is 0.393. The number of carbonyl (C=O) groups excluding carboxylic acids is 1. The number of carboxylic acids is 1. The minimum absolute atomic E-state index is 0.0346. The Morgan fingerprint density at radius 1 is 1.39 bits per heavy atom. The maximum Gasteiger partial charge on any atom is 0.318 e. The van der Waals surface area contributed by atoms with Gasteiger partial charge in [-0.15, -0.1) is 0 Å². The topological polar surface area (TPSA) is 96.7 Å². The van der Waals surface area contributed by atoms with Crippen molar-refractivity contribution in [2.45, 2.75) is 12.5 Å². The lowest BCUT2D eigenvalue weighted by Gasteiger charge is -2.26. The van der Waals surface area contributed by atoms with Crippen LogP contribution in [0.25, 0.3) is 0 Å². The number of nitrogens with zero attached hydrogens (tertiary/aromatic N) is 3. The van der Waals surface area contributed by atoms with Gasteiger partial charge in [-0.2, -0.15) is 0 Å². The van der Waals surface area contributed by atoms with Gasteiger partial charge in [-0.3, -0.25) is 4.79 Å². The molecule has 0 aliphatic carbocycles. The minimum atomic E-state index is -1.11. The molecule has 2 amide bonds. The highest BCUT2D eigenvalue weighted by Gasteiger charge is 2.46. The Balaban J connectivity index is 1.82. The second kappa shape index (κ2) is 7.97. The van der Waals surface area contributed by atoms with Crippen LogP contribution in [-0.4, -0.2) is 58.4 Å². The summed E-state index contributed by atoms with van der Waals surface area (Å²) in [7, 11) is 3.24. The van der Waals surface area contributed by atoms with Gasteiger partial charge < -0.3 is 24.6 Å². The number of carbonyl (C=O) groups is 2. The number of rotatable bonds is 6. The summed E-state index contributed by atoms with van der Waals surface area (Å²) in [6, 6.07) is 4.81. The summed E-state index contributed by atoms with van der Waals surface area (Å²) in [5.74, 6) is -0.775. The van der Waals surface area contributed by atoms with E-state index in [1.54, 1.807) is 36.1 Å². The van der Waals surface area contributed by atoms with Gasteiger partial charge in [0.2, 0.25) is 0 Å². The molecule has 1 aliphatic rings. The third-order valence-electron chi connectivity index (χ3n) is 5.10. The Labute approximate surface area is 161 Å². The van der Waals surface area contributed by atoms with Crippen LogP contribution in [-0.2, 0) is 16.6 Å². The molecule has 2 aromatic rings. The predicted octanol–water partition coefficient (Wildman–Crippen LogP) is 1.78. The molecule has 0 radical (unpaired) electrons. The Hall–Kier alpha value is -2.94. The highest BCUT2D eigenvalue weighted by Crippen LogP contribution is 2.32. The summed E-state index contributed by atoms with van der Waals surface area (Å²) < 4.78 is 20.2. The number of amides is 2. The first kappa shape index (κ1) is 19.8. The van der Waals surface area contributed by atoms with E-state index < -0.39 is 23.5 Å². The zero-order valence-electron chi connectivity index (χ0n) is 15.8. The second-order valence-corrected chi connectivity index (χ2v) is 7.02. The van der Waals surface area contributed by atoms with Crippen molar-refractivity contribution in [1.82, 2.24) is 19.8 Å². The van der Waals surface area contributed by atoms with E-state index in [-0.39, 0.29) is 19.0 Å². The number of aliphatic carboxylic acids is 1. The number of halogens is 1. The maximum atomic E-state index is 13.3. The quantitative estimate of drug-likeness (QED) is 0.784. The number of ether oxygens (including phenoxy) is 1. The fraction of sp³-hybridized carbons (Fsp3) is 0.421. The SMILES string of the molecule is COCC1(C(=O)O)CCN(C(=O)NC(c2ccc(F)cc2)c2nccn2C)C1. The molecule has 1 aliphatic heterocycles. The normalized spacial score (nSPS) is 20.2. The van der Waals surface area contributed by atoms with E-state index in [1.165, 1.54) is 24.1 Å². The first-order valence-corrected chi connectivity index (χ1v) is 8.87. The lowest BCUT2D eigenvalue weighted by atomic mass is 9.88. The number of hydrogen-bond acceptors (Lipinski definition) is 4. The standard InChI is InChI=1S/C19H23FN4O4/c1-23-10-8-21-16(23)15(13-3-5-14(20)6-4-13)22-18(27)24-9-7-19(11-24,12-28-2)17(25)26/h3-6,8,10,15H,7,9,11-12H2,1-2H3,(H,22,27)(H,25,26). The van der Waals surface area contributed by atoms with Gasteiger partial charge in [-0.1, -0.05) is 12.1 Å². The van der Waals surface area contributed by atoms with E-state index in [4.69, 9.17) is 4.74 Å². The number of nitrogens with one attached hydrogen (secondary N) is 1. The smallest absolute Gasteiger partial charge is 0.318 e. The number of urea groups is 1. The Morgan fingerprint density at radius 2 is 2.11 bits per heavy atom. The maximum absolute atomic E-state index is 13.3. The van der Waals surface area contributed by atoms with Crippen molar-refractivity contribution in [3.05, 3.63) is 53.9 Å². The molecule has 2 heterocycles. The summed E-state index contributed by atoms with van der Waals surface area (Å²) in [5, 5.41) is 12.5. The number of benzene rings is 1. The largest absolute Gasteiger partial charge is 0.481 e. The van der Waals surface area contributed by atoms with Crippen LogP contribution >= 0.6 is 0 Å². The lowest BCUT2D eigenvalue weighted by Crippen LogP contribution is -2.44. The van der Waals surface area contributed by atoms with Crippen LogP contribution in [0.3, 0.4) is 0 Å². The molecule has 1 saturated heterocycles. The van der Waals surface area contributed by atoms with E-state index >= 15 is 0 Å². The van der Waals surface area contributed by atoms with Crippen LogP contribution in [0.5, 0.6) is 0 Å². The van der Waals surface area contributed by atoms with Gasteiger partial charge >= 0.3 is 12.0 Å². The van der Waals surface area contributed by atoms with Gasteiger partial charge in [0.1, 0.15) is 23.1 Å². The average molecular weight is 390 g/mol. The molecular formula is C19H23FN4O4. The number of carboxylic acid groups (broad SMARTS) is 1. The van der Waals surface area contributed by atoms with Gasteiger partial charge in [0.05, 0.1) is 6.61 Å². The molecule has 3 rings (SSSR count). The number of likely N-dealkylation sites (tertiary alicyclic amines) is 1. The minimum Gasteiger partial charge on any atom is -0.481 e. The van der Waals surface area contributed by atoms with Crippen molar-refractivity contribution in [3.8, 4) is 0 Å². The highest BCUT2D eigenvalue weighted by atomic mass is 19.1. The Kier molecular flexibility index (Phi) is 5.64. The van der Waals surface area contributed by atoms with E-state index in [1.807, 2.05) is 0 Å². The molecule has 2 N–H and O–H groups in total. The van der Waals surface area contributed by atoms with Gasteiger partial charge in [0, 0.05) is 39.6 Å². The summed E-state index contributed by atoms with van der Waals surface area (Å²) in [6.07, 6.45) is 3.68. The highest BCUT2D eigenvalue weighted by molar-refractivity contribution is 5.80. The molecule has 0 saturated carbocycles. The molecule has 9 heteroatoms. The van der Waals surface area contributed by atoms with E-state index in [2.05, 4.69) is 10.3 Å². The van der Waals surface area contributed by atoms with Crippen LogP contribution in [0.2, 0.25) is 0 Å². The summed E-state index contributed by atoms with van der Waals surface area (Å²) >= 11 is 0. The van der Waals surface area contributed by atoms with Gasteiger partial charge in [0.15, 0.2) is 0 Å². The van der Waals surface area contributed by atoms with E-state index in [9.17, 15) is 19.1 Å². The molecule has 1 aromatic carbocycles. The van der Waals surface area contributed by atoms with Crippen LogP contribution in [0, 0.1) is 11.2 Å². The van der Waals surface area contributed by atoms with Crippen molar-refractivity contribution in [1.29, 1.82) is 0 Å². The fourth-order valence-corrected chi connectivity index (χ4v) is 3.50. The van der Waals surface area contributed by atoms with Crippen molar-refractivity contribution in [2.24, 2.45) is 12.5 Å². The number of methoxy groups -OCH3 is 1. The molecule has 1 aromatic heterocycles. The Morgan fingerprint density at radius 3 is 2.68 bits per heavy atom. The third kappa shape index (κ3) is 3.84. The van der Waals surface area contributed by atoms with Crippen LogP contribution in [0.1, 0.15) is 23.9 Å². The van der Waals surface area contributed by atoms with Crippen LogP contribution in [0.4, 0.5) is 9.18 Å². The number of aromatic nitrogens is 2. The molecule has 28 heavy (non-hydrogen) atoms. The third-order valence-corrected chi connectivity index (χ3v) is 5.10. The number of imidazole rings is 1. The van der Waals surface area contributed by atoms with Crippen molar-refractivity contribution >= 4 is 12.0 Å². The van der Waals surface area contributed by atoms with Gasteiger partial charge in [-0.05, 0) is 24.1 Å². The first-order valence-electron chi connectivity index (χ1n) is 8.87. The van der Waals surface area contributed by atoms with Crippen LogP contribution < -0.4 is 5.32 Å². The van der Waals surface area contributed by atoms with Crippen molar-refractivity contribution in [3.63, 3.8) is 0 Å². The zero-order valence-corrected chi connectivity index (χ0v) is 15.8. The molecular weight excluding hydrogens is 367 g/mol.